The van der Waals surface area contributed by atoms with E-state index in [2.05, 4.69) is 11.9 Å². The Morgan fingerprint density at radius 2 is 2.25 bits per heavy atom. The number of rotatable bonds is 4. The molecule has 0 bridgehead atoms. The zero-order chi connectivity index (χ0) is 11.4. The minimum atomic E-state index is -0.104. The fourth-order valence-electron chi connectivity index (χ4n) is 2.53. The van der Waals surface area contributed by atoms with Crippen LogP contribution in [0.25, 0.3) is 0 Å². The van der Waals surface area contributed by atoms with Crippen molar-refractivity contribution in [3.63, 3.8) is 0 Å². The van der Waals surface area contributed by atoms with Crippen molar-refractivity contribution in [1.29, 1.82) is 0 Å². The van der Waals surface area contributed by atoms with Crippen LogP contribution in [0.5, 0.6) is 0 Å². The van der Waals surface area contributed by atoms with E-state index in [9.17, 15) is 5.11 Å². The molecule has 3 nitrogen and oxygen atoms in total. The van der Waals surface area contributed by atoms with Gasteiger partial charge in [-0.15, -0.1) is 0 Å². The Bertz CT molecular complexity index is 297. The summed E-state index contributed by atoms with van der Waals surface area (Å²) in [7, 11) is 2.09. The van der Waals surface area contributed by atoms with E-state index < -0.39 is 0 Å². The van der Waals surface area contributed by atoms with Crippen LogP contribution in [-0.2, 0) is 6.54 Å². The molecule has 16 heavy (non-hydrogen) atoms. The molecule has 1 saturated carbocycles. The normalized spacial score (nSPS) is 26.2. The maximum Gasteiger partial charge on any atom is 0.117 e. The van der Waals surface area contributed by atoms with Crippen LogP contribution in [0.1, 0.15) is 31.4 Å². The van der Waals surface area contributed by atoms with Gasteiger partial charge in [-0.1, -0.05) is 12.8 Å². The lowest BCUT2D eigenvalue weighted by Crippen LogP contribution is -2.34. The molecular formula is C13H21NO2. The van der Waals surface area contributed by atoms with Gasteiger partial charge < -0.3 is 9.52 Å². The smallest absolute Gasteiger partial charge is 0.117 e. The first-order chi connectivity index (χ1) is 7.75. The summed E-state index contributed by atoms with van der Waals surface area (Å²) in [6.07, 6.45) is 6.17. The first-order valence-electron chi connectivity index (χ1n) is 6.14. The van der Waals surface area contributed by atoms with Gasteiger partial charge in [0.05, 0.1) is 18.9 Å². The number of nitrogens with zero attached hydrogens (tertiary/aromatic N) is 1. The van der Waals surface area contributed by atoms with Crippen molar-refractivity contribution in [1.82, 2.24) is 4.90 Å². The van der Waals surface area contributed by atoms with Gasteiger partial charge in [-0.25, -0.2) is 0 Å². The van der Waals surface area contributed by atoms with Crippen molar-refractivity contribution in [2.45, 2.75) is 38.3 Å². The first-order valence-corrected chi connectivity index (χ1v) is 6.14. The van der Waals surface area contributed by atoms with Crippen LogP contribution in [0, 0.1) is 5.92 Å². The van der Waals surface area contributed by atoms with Crippen LogP contribution in [-0.4, -0.2) is 29.7 Å². The van der Waals surface area contributed by atoms with E-state index in [4.69, 9.17) is 4.42 Å². The molecule has 0 radical (unpaired) electrons. The van der Waals surface area contributed by atoms with Gasteiger partial charge in [0.15, 0.2) is 0 Å². The van der Waals surface area contributed by atoms with Gasteiger partial charge in [0.1, 0.15) is 5.76 Å². The van der Waals surface area contributed by atoms with Crippen LogP contribution >= 0.6 is 0 Å². The topological polar surface area (TPSA) is 36.6 Å². The van der Waals surface area contributed by atoms with Crippen LogP contribution in [0.2, 0.25) is 0 Å². The number of hydrogen-bond donors (Lipinski definition) is 1. The lowest BCUT2D eigenvalue weighted by atomic mass is 9.86. The second-order valence-electron chi connectivity index (χ2n) is 4.89. The minimum Gasteiger partial charge on any atom is -0.468 e. The Hall–Kier alpha value is -0.800. The summed E-state index contributed by atoms with van der Waals surface area (Å²) in [5, 5.41) is 9.89. The van der Waals surface area contributed by atoms with Crippen molar-refractivity contribution in [3.05, 3.63) is 24.2 Å². The van der Waals surface area contributed by atoms with Crippen LogP contribution in [0.15, 0.2) is 22.8 Å². The maximum absolute atomic E-state index is 9.89. The van der Waals surface area contributed by atoms with Crippen LogP contribution in [0.3, 0.4) is 0 Å². The molecule has 1 heterocycles. The van der Waals surface area contributed by atoms with Crippen LogP contribution < -0.4 is 0 Å². The Balaban J connectivity index is 1.79. The quantitative estimate of drug-likeness (QED) is 0.850. The van der Waals surface area contributed by atoms with Gasteiger partial charge >= 0.3 is 0 Å². The summed E-state index contributed by atoms with van der Waals surface area (Å²) in [5.74, 6) is 1.43. The number of furan rings is 1. The average Bonchev–Trinajstić information content (AvgIpc) is 2.74. The van der Waals surface area contributed by atoms with Gasteiger partial charge in [-0.05, 0) is 37.9 Å². The van der Waals surface area contributed by atoms with Crippen LogP contribution in [0.4, 0.5) is 0 Å². The molecule has 1 aromatic heterocycles. The number of hydrogen-bond acceptors (Lipinski definition) is 3. The Labute approximate surface area is 97.1 Å². The molecule has 2 unspecified atom stereocenters. The zero-order valence-corrected chi connectivity index (χ0v) is 9.93. The maximum atomic E-state index is 9.89. The molecule has 3 heteroatoms. The van der Waals surface area contributed by atoms with Gasteiger partial charge in [0.25, 0.3) is 0 Å². The molecule has 90 valence electrons. The Kier molecular flexibility index (Phi) is 4.02. The summed E-state index contributed by atoms with van der Waals surface area (Å²) in [6, 6.07) is 3.91. The highest BCUT2D eigenvalue weighted by Gasteiger charge is 2.24. The second-order valence-corrected chi connectivity index (χ2v) is 4.89. The minimum absolute atomic E-state index is 0.104. The predicted molar refractivity (Wildman–Crippen MR) is 63.0 cm³/mol. The van der Waals surface area contributed by atoms with E-state index in [0.717, 1.165) is 31.7 Å². The molecule has 0 aromatic carbocycles. The number of aliphatic hydroxyl groups is 1. The van der Waals surface area contributed by atoms with E-state index >= 15 is 0 Å². The molecule has 1 aliphatic carbocycles. The lowest BCUT2D eigenvalue weighted by molar-refractivity contribution is 0.0490. The summed E-state index contributed by atoms with van der Waals surface area (Å²) in [6.45, 7) is 1.79. The predicted octanol–water partition coefficient (Wildman–Crippen LogP) is 2.26. The van der Waals surface area contributed by atoms with Crippen molar-refractivity contribution in [2.75, 3.05) is 13.6 Å². The average molecular weight is 223 g/mol. The number of aliphatic hydroxyl groups excluding tert-OH is 1. The lowest BCUT2D eigenvalue weighted by Gasteiger charge is -2.30. The van der Waals surface area contributed by atoms with E-state index in [-0.39, 0.29) is 6.10 Å². The van der Waals surface area contributed by atoms with E-state index in [0.29, 0.717) is 5.92 Å². The summed E-state index contributed by atoms with van der Waals surface area (Å²) >= 11 is 0. The summed E-state index contributed by atoms with van der Waals surface area (Å²) in [4.78, 5) is 2.23. The molecule has 1 aromatic rings. The first kappa shape index (κ1) is 11.7. The highest BCUT2D eigenvalue weighted by Crippen LogP contribution is 2.25. The highest BCUT2D eigenvalue weighted by atomic mass is 16.3. The fraction of sp³-hybridized carbons (Fsp3) is 0.692. The Morgan fingerprint density at radius 3 is 2.94 bits per heavy atom. The molecule has 2 atom stereocenters. The molecule has 0 spiro atoms. The van der Waals surface area contributed by atoms with Gasteiger partial charge in [-0.2, -0.15) is 0 Å². The third-order valence-electron chi connectivity index (χ3n) is 3.42. The standard InChI is InChI=1S/C13H21NO2/c1-14(10-12-6-4-8-16-12)9-11-5-2-3-7-13(11)15/h4,6,8,11,13,15H,2-3,5,7,9-10H2,1H3. The molecule has 0 saturated heterocycles. The van der Waals surface area contributed by atoms with E-state index in [1.807, 2.05) is 12.1 Å². The van der Waals surface area contributed by atoms with Gasteiger partial charge in [0, 0.05) is 6.54 Å². The largest absolute Gasteiger partial charge is 0.468 e. The van der Waals surface area contributed by atoms with Crippen molar-refractivity contribution >= 4 is 0 Å². The van der Waals surface area contributed by atoms with Crippen molar-refractivity contribution in [2.24, 2.45) is 5.92 Å². The van der Waals surface area contributed by atoms with E-state index in [1.54, 1.807) is 6.26 Å². The molecular weight excluding hydrogens is 202 g/mol. The van der Waals surface area contributed by atoms with Crippen molar-refractivity contribution < 1.29 is 9.52 Å². The summed E-state index contributed by atoms with van der Waals surface area (Å²) in [5.41, 5.74) is 0. The molecule has 0 amide bonds. The molecule has 1 N–H and O–H groups in total. The second kappa shape index (κ2) is 5.51. The monoisotopic (exact) mass is 223 g/mol. The molecule has 1 fully saturated rings. The third kappa shape index (κ3) is 3.09. The van der Waals surface area contributed by atoms with E-state index in [1.165, 1.54) is 12.8 Å². The molecule has 1 aliphatic rings. The molecule has 0 aliphatic heterocycles. The summed E-state index contributed by atoms with van der Waals surface area (Å²) < 4.78 is 5.32. The SMILES string of the molecule is CN(Cc1ccco1)CC1CCCCC1O. The van der Waals surface area contributed by atoms with Crippen molar-refractivity contribution in [3.8, 4) is 0 Å². The van der Waals surface area contributed by atoms with Gasteiger partial charge in [0.2, 0.25) is 0 Å². The fourth-order valence-corrected chi connectivity index (χ4v) is 2.53. The van der Waals surface area contributed by atoms with Gasteiger partial charge in [-0.3, -0.25) is 4.90 Å². The third-order valence-corrected chi connectivity index (χ3v) is 3.42. The molecule has 2 rings (SSSR count). The zero-order valence-electron chi connectivity index (χ0n) is 9.93. The Morgan fingerprint density at radius 1 is 1.44 bits per heavy atom. The highest BCUT2D eigenvalue weighted by molar-refractivity contribution is 4.97.